The number of aromatic nitrogens is 1. The highest BCUT2D eigenvalue weighted by molar-refractivity contribution is 9.10. The van der Waals surface area contributed by atoms with Crippen LogP contribution >= 0.6 is 15.9 Å². The van der Waals surface area contributed by atoms with Gasteiger partial charge >= 0.3 is 6.01 Å². The molecule has 1 saturated heterocycles. The van der Waals surface area contributed by atoms with E-state index in [1.54, 1.807) is 12.1 Å². The van der Waals surface area contributed by atoms with Gasteiger partial charge in [0, 0.05) is 4.47 Å². The zero-order chi connectivity index (χ0) is 12.0. The highest BCUT2D eigenvalue weighted by Crippen LogP contribution is 2.26. The van der Waals surface area contributed by atoms with Gasteiger partial charge in [0.2, 0.25) is 5.91 Å². The highest BCUT2D eigenvalue weighted by Gasteiger charge is 2.31. The number of hydrogen-bond donors (Lipinski definition) is 0. The van der Waals surface area contributed by atoms with Crippen LogP contribution in [0.15, 0.2) is 27.1 Å². The first kappa shape index (κ1) is 10.5. The number of hydrogen-bond acceptors (Lipinski definition) is 4. The minimum absolute atomic E-state index is 0.0484. The molecule has 0 bridgehead atoms. The third-order valence-corrected chi connectivity index (χ3v) is 3.05. The van der Waals surface area contributed by atoms with Gasteiger partial charge in [-0.3, -0.25) is 14.5 Å². The lowest BCUT2D eigenvalue weighted by molar-refractivity contribution is -0.121. The number of carbonyl (C=O) groups is 2. The van der Waals surface area contributed by atoms with E-state index in [1.165, 1.54) is 4.90 Å². The number of oxazole rings is 1. The van der Waals surface area contributed by atoms with Crippen molar-refractivity contribution in [2.75, 3.05) is 11.4 Å². The van der Waals surface area contributed by atoms with Crippen molar-refractivity contribution in [1.29, 1.82) is 0 Å². The Balaban J connectivity index is 2.06. The molecule has 1 aliphatic heterocycles. The molecule has 3 rings (SSSR count). The Morgan fingerprint density at radius 3 is 2.88 bits per heavy atom. The van der Waals surface area contributed by atoms with Crippen LogP contribution in [-0.4, -0.2) is 23.2 Å². The van der Waals surface area contributed by atoms with Gasteiger partial charge in [0.05, 0.1) is 13.0 Å². The number of rotatable bonds is 1. The van der Waals surface area contributed by atoms with Crippen molar-refractivity contribution in [2.24, 2.45) is 0 Å². The molecule has 6 heteroatoms. The Bertz CT molecular complexity index is 635. The maximum atomic E-state index is 11.5. The van der Waals surface area contributed by atoms with Crippen LogP contribution < -0.4 is 4.90 Å². The van der Waals surface area contributed by atoms with Gasteiger partial charge < -0.3 is 4.42 Å². The summed E-state index contributed by atoms with van der Waals surface area (Å²) in [5, 5.41) is 0. The number of benzene rings is 1. The molecule has 2 aromatic rings. The fraction of sp³-hybridized carbons (Fsp3) is 0.182. The maximum absolute atomic E-state index is 11.5. The summed E-state index contributed by atoms with van der Waals surface area (Å²) in [5.74, 6) is -0.376. The standard InChI is InChI=1S/C11H7BrN2O3/c12-6-1-2-9-8(3-6)13-11(17-9)14-5-7(15)4-10(14)16/h1-3H,4-5H2. The average molecular weight is 295 g/mol. The van der Waals surface area contributed by atoms with Crippen molar-refractivity contribution in [3.8, 4) is 0 Å². The van der Waals surface area contributed by atoms with E-state index in [2.05, 4.69) is 20.9 Å². The monoisotopic (exact) mass is 294 g/mol. The van der Waals surface area contributed by atoms with Crippen LogP contribution in [0.4, 0.5) is 6.01 Å². The number of fused-ring (bicyclic) bond motifs is 1. The molecular formula is C11H7BrN2O3. The van der Waals surface area contributed by atoms with Crippen molar-refractivity contribution in [2.45, 2.75) is 6.42 Å². The predicted octanol–water partition coefficient (Wildman–Crippen LogP) is 1.90. The molecule has 1 aliphatic rings. The molecule has 0 aliphatic carbocycles. The van der Waals surface area contributed by atoms with Gasteiger partial charge in [-0.2, -0.15) is 4.98 Å². The minimum Gasteiger partial charge on any atom is -0.423 e. The van der Waals surface area contributed by atoms with Crippen molar-refractivity contribution < 1.29 is 14.0 Å². The summed E-state index contributed by atoms with van der Waals surface area (Å²) < 4.78 is 6.33. The van der Waals surface area contributed by atoms with E-state index in [-0.39, 0.29) is 30.7 Å². The Morgan fingerprint density at radius 1 is 1.35 bits per heavy atom. The second-order valence-corrected chi connectivity index (χ2v) is 4.72. The first-order valence-corrected chi connectivity index (χ1v) is 5.81. The summed E-state index contributed by atoms with van der Waals surface area (Å²) in [6, 6.07) is 5.57. The molecule has 86 valence electrons. The lowest BCUT2D eigenvalue weighted by atomic mass is 10.3. The molecule has 0 N–H and O–H groups in total. The quantitative estimate of drug-likeness (QED) is 0.754. The van der Waals surface area contributed by atoms with Crippen LogP contribution in [0.5, 0.6) is 0 Å². The molecule has 5 nitrogen and oxygen atoms in total. The third kappa shape index (κ3) is 1.74. The lowest BCUT2D eigenvalue weighted by Crippen LogP contribution is -2.24. The summed E-state index contributed by atoms with van der Waals surface area (Å²) in [7, 11) is 0. The summed E-state index contributed by atoms with van der Waals surface area (Å²) in [6.45, 7) is 0.0484. The topological polar surface area (TPSA) is 63.4 Å². The Kier molecular flexibility index (Phi) is 2.25. The molecule has 2 heterocycles. The van der Waals surface area contributed by atoms with Crippen molar-refractivity contribution in [1.82, 2.24) is 4.98 Å². The van der Waals surface area contributed by atoms with Crippen LogP contribution in [-0.2, 0) is 9.59 Å². The van der Waals surface area contributed by atoms with E-state index >= 15 is 0 Å². The van der Waals surface area contributed by atoms with Gasteiger partial charge in [-0.15, -0.1) is 0 Å². The van der Waals surface area contributed by atoms with Crippen LogP contribution in [0, 0.1) is 0 Å². The first-order valence-electron chi connectivity index (χ1n) is 5.01. The lowest BCUT2D eigenvalue weighted by Gasteiger charge is -2.07. The van der Waals surface area contributed by atoms with Gasteiger partial charge in [-0.05, 0) is 18.2 Å². The Hall–Kier alpha value is -1.69. The maximum Gasteiger partial charge on any atom is 0.305 e. The SMILES string of the molecule is O=C1CC(=O)N(c2nc3cc(Br)ccc3o2)C1. The van der Waals surface area contributed by atoms with Gasteiger partial charge in [-0.1, -0.05) is 15.9 Å². The molecular weight excluding hydrogens is 288 g/mol. The van der Waals surface area contributed by atoms with Gasteiger partial charge in [0.15, 0.2) is 11.4 Å². The van der Waals surface area contributed by atoms with E-state index in [9.17, 15) is 9.59 Å². The van der Waals surface area contributed by atoms with Crippen LogP contribution in [0.3, 0.4) is 0 Å². The Labute approximate surface area is 105 Å². The molecule has 0 radical (unpaired) electrons. The second-order valence-electron chi connectivity index (χ2n) is 3.80. The molecule has 1 aromatic carbocycles. The van der Waals surface area contributed by atoms with E-state index in [0.717, 1.165) is 4.47 Å². The molecule has 1 amide bonds. The number of ketones is 1. The molecule has 1 aromatic heterocycles. The molecule has 0 atom stereocenters. The zero-order valence-electron chi connectivity index (χ0n) is 8.64. The number of halogens is 1. The fourth-order valence-corrected chi connectivity index (χ4v) is 2.11. The number of Topliss-reactive ketones (excluding diaryl/α,β-unsaturated/α-hetero) is 1. The van der Waals surface area contributed by atoms with E-state index in [1.807, 2.05) is 6.07 Å². The summed E-state index contributed by atoms with van der Waals surface area (Å²) >= 11 is 3.33. The fourth-order valence-electron chi connectivity index (χ4n) is 1.76. The highest BCUT2D eigenvalue weighted by atomic mass is 79.9. The number of nitrogens with zero attached hydrogens (tertiary/aromatic N) is 2. The molecule has 0 spiro atoms. The van der Waals surface area contributed by atoms with E-state index in [0.29, 0.717) is 11.1 Å². The molecule has 0 unspecified atom stereocenters. The smallest absolute Gasteiger partial charge is 0.305 e. The van der Waals surface area contributed by atoms with E-state index < -0.39 is 0 Å². The van der Waals surface area contributed by atoms with E-state index in [4.69, 9.17) is 4.42 Å². The Morgan fingerprint density at radius 2 is 2.18 bits per heavy atom. The van der Waals surface area contributed by atoms with Gasteiger partial charge in [0.1, 0.15) is 5.52 Å². The van der Waals surface area contributed by atoms with Crippen molar-refractivity contribution in [3.63, 3.8) is 0 Å². The van der Waals surface area contributed by atoms with Gasteiger partial charge in [0.25, 0.3) is 0 Å². The van der Waals surface area contributed by atoms with Crippen LogP contribution in [0.25, 0.3) is 11.1 Å². The largest absolute Gasteiger partial charge is 0.423 e. The number of carbonyl (C=O) groups excluding carboxylic acids is 2. The molecule has 0 saturated carbocycles. The van der Waals surface area contributed by atoms with Crippen molar-refractivity contribution >= 4 is 44.7 Å². The van der Waals surface area contributed by atoms with Crippen LogP contribution in [0.2, 0.25) is 0 Å². The molecule has 17 heavy (non-hydrogen) atoms. The second kappa shape index (κ2) is 3.66. The van der Waals surface area contributed by atoms with Gasteiger partial charge in [-0.25, -0.2) is 0 Å². The summed E-state index contributed by atoms with van der Waals surface area (Å²) in [5.41, 5.74) is 1.25. The molecule has 1 fully saturated rings. The number of anilines is 1. The number of amides is 1. The zero-order valence-corrected chi connectivity index (χ0v) is 10.2. The minimum atomic E-state index is -0.263. The summed E-state index contributed by atoms with van der Waals surface area (Å²) in [6.07, 6.45) is -0.0670. The third-order valence-electron chi connectivity index (χ3n) is 2.55. The summed E-state index contributed by atoms with van der Waals surface area (Å²) in [4.78, 5) is 28.2. The predicted molar refractivity (Wildman–Crippen MR) is 63.7 cm³/mol. The van der Waals surface area contributed by atoms with Crippen molar-refractivity contribution in [3.05, 3.63) is 22.7 Å². The normalized spacial score (nSPS) is 16.2. The average Bonchev–Trinajstić information content (AvgIpc) is 2.80. The first-order chi connectivity index (χ1) is 8.13. The van der Waals surface area contributed by atoms with Crippen LogP contribution in [0.1, 0.15) is 6.42 Å².